The smallest absolute Gasteiger partial charge is 0.263 e. The number of β-amino-alcohol motifs (C(OH)–C–C–N with tert-alkyl or cyclic N) is 1. The van der Waals surface area contributed by atoms with Crippen molar-refractivity contribution in [2.24, 2.45) is 0 Å². The number of aliphatic hydroxyl groups excluding tert-OH is 1. The Bertz CT molecular complexity index is 1150. The Hall–Kier alpha value is -2.46. The number of likely N-dealkylation sites (tertiary alicyclic amines) is 1. The monoisotopic (exact) mass is 515 g/mol. The molecule has 8 nitrogen and oxygen atoms in total. The summed E-state index contributed by atoms with van der Waals surface area (Å²) in [5.74, 6) is 0.458. The van der Waals surface area contributed by atoms with Crippen molar-refractivity contribution in [2.75, 3.05) is 39.8 Å². The summed E-state index contributed by atoms with van der Waals surface area (Å²) in [7, 11) is -1.74. The highest BCUT2D eigenvalue weighted by Gasteiger charge is 2.34. The van der Waals surface area contributed by atoms with Crippen LogP contribution in [-0.4, -0.2) is 85.5 Å². The van der Waals surface area contributed by atoms with Gasteiger partial charge in [0.25, 0.3) is 5.91 Å². The van der Waals surface area contributed by atoms with Gasteiger partial charge in [-0.15, -0.1) is 0 Å². The molecule has 0 aromatic heterocycles. The van der Waals surface area contributed by atoms with Gasteiger partial charge >= 0.3 is 0 Å². The molecule has 1 amide bonds. The predicted molar refractivity (Wildman–Crippen MR) is 138 cm³/mol. The molecule has 1 N–H and O–H groups in total. The second-order valence-corrected chi connectivity index (χ2v) is 11.5. The van der Waals surface area contributed by atoms with E-state index in [2.05, 4.69) is 4.90 Å². The molecule has 2 aliphatic heterocycles. The summed E-state index contributed by atoms with van der Waals surface area (Å²) < 4.78 is 33.4. The van der Waals surface area contributed by atoms with E-state index in [0.717, 1.165) is 24.1 Å². The molecular weight excluding hydrogens is 478 g/mol. The summed E-state index contributed by atoms with van der Waals surface area (Å²) in [6.45, 7) is 6.52. The third-order valence-electron chi connectivity index (χ3n) is 7.27. The fourth-order valence-electron chi connectivity index (χ4n) is 5.14. The molecule has 36 heavy (non-hydrogen) atoms. The molecule has 2 aliphatic rings. The summed E-state index contributed by atoms with van der Waals surface area (Å²) in [6, 6.07) is 14.7. The van der Waals surface area contributed by atoms with Crippen molar-refractivity contribution >= 4 is 15.9 Å². The van der Waals surface area contributed by atoms with Crippen LogP contribution < -0.4 is 4.74 Å². The fourth-order valence-corrected chi connectivity index (χ4v) is 6.65. The lowest BCUT2D eigenvalue weighted by molar-refractivity contribution is -0.140. The summed E-state index contributed by atoms with van der Waals surface area (Å²) in [6.07, 6.45) is 0.831. The minimum absolute atomic E-state index is 0.103. The van der Waals surface area contributed by atoms with Crippen molar-refractivity contribution in [3.63, 3.8) is 0 Å². The van der Waals surface area contributed by atoms with Crippen LogP contribution in [0.3, 0.4) is 0 Å². The van der Waals surface area contributed by atoms with Gasteiger partial charge in [-0.05, 0) is 48.6 Å². The zero-order valence-corrected chi connectivity index (χ0v) is 22.2. The minimum atomic E-state index is -3.56. The number of carbonyl (C=O) groups is 1. The lowest BCUT2D eigenvalue weighted by Crippen LogP contribution is -2.46. The molecule has 1 saturated heterocycles. The molecule has 4 rings (SSSR count). The third kappa shape index (κ3) is 5.59. The van der Waals surface area contributed by atoms with E-state index in [-0.39, 0.29) is 22.9 Å². The molecule has 0 bridgehead atoms. The van der Waals surface area contributed by atoms with Gasteiger partial charge in [0.15, 0.2) is 6.10 Å². The highest BCUT2D eigenvalue weighted by atomic mass is 32.2. The third-order valence-corrected chi connectivity index (χ3v) is 9.32. The average Bonchev–Trinajstić information content (AvgIpc) is 3.31. The number of fused-ring (bicyclic) bond motifs is 1. The number of hydrogen-bond donors (Lipinski definition) is 1. The minimum Gasteiger partial charge on any atom is -0.480 e. The molecule has 3 unspecified atom stereocenters. The maximum atomic E-state index is 13.6. The molecule has 9 heteroatoms. The Morgan fingerprint density at radius 2 is 1.86 bits per heavy atom. The number of benzene rings is 2. The van der Waals surface area contributed by atoms with Crippen molar-refractivity contribution in [1.82, 2.24) is 14.1 Å². The van der Waals surface area contributed by atoms with E-state index >= 15 is 0 Å². The normalized spacial score (nSPS) is 21.1. The first kappa shape index (κ1) is 26.6. The quantitative estimate of drug-likeness (QED) is 0.552. The Labute approximate surface area is 214 Å². The zero-order chi connectivity index (χ0) is 25.9. The van der Waals surface area contributed by atoms with Crippen LogP contribution in [-0.2, 0) is 21.2 Å². The Morgan fingerprint density at radius 1 is 1.14 bits per heavy atom. The Balaban J connectivity index is 1.50. The standard InChI is InChI=1S/C27H37N3O5S/c1-4-30(5-2)36(33,34)23-12-14-25-21(17-23)11-13-26(35-25)27(32)28(3)24(20-9-7-6-8-10-20)19-29-16-15-22(31)18-29/h6-10,12,14,17,22,24,26,31H,4-5,11,13,15-16,18-19H2,1-3H3. The first-order valence-electron chi connectivity index (χ1n) is 12.8. The number of hydrogen-bond acceptors (Lipinski definition) is 6. The van der Waals surface area contributed by atoms with Crippen molar-refractivity contribution in [2.45, 2.75) is 56.3 Å². The number of rotatable bonds is 9. The lowest BCUT2D eigenvalue weighted by Gasteiger charge is -2.35. The van der Waals surface area contributed by atoms with Crippen molar-refractivity contribution < 1.29 is 23.1 Å². The molecule has 2 aromatic carbocycles. The van der Waals surface area contributed by atoms with Gasteiger partial charge in [0.2, 0.25) is 10.0 Å². The van der Waals surface area contributed by atoms with Crippen LogP contribution in [0, 0.1) is 0 Å². The number of sulfonamides is 1. The van der Waals surface area contributed by atoms with E-state index in [1.165, 1.54) is 4.31 Å². The molecule has 0 aliphatic carbocycles. The maximum absolute atomic E-state index is 13.6. The SMILES string of the molecule is CCN(CC)S(=O)(=O)c1ccc2c(c1)CCC(C(=O)N(C)C(CN1CCC(O)C1)c1ccccc1)O2. The molecule has 0 spiro atoms. The van der Waals surface area contributed by atoms with E-state index in [4.69, 9.17) is 4.74 Å². The van der Waals surface area contributed by atoms with Crippen LogP contribution >= 0.6 is 0 Å². The van der Waals surface area contributed by atoms with Crippen LogP contribution in [0.15, 0.2) is 53.4 Å². The molecular formula is C27H37N3O5S. The van der Waals surface area contributed by atoms with Gasteiger partial charge in [-0.2, -0.15) is 4.31 Å². The van der Waals surface area contributed by atoms with E-state index in [0.29, 0.717) is 44.8 Å². The van der Waals surface area contributed by atoms with Crippen LogP contribution in [0.5, 0.6) is 5.75 Å². The number of ether oxygens (including phenoxy) is 1. The van der Waals surface area contributed by atoms with Gasteiger partial charge in [0.05, 0.1) is 17.0 Å². The largest absolute Gasteiger partial charge is 0.480 e. The van der Waals surface area contributed by atoms with Crippen molar-refractivity contribution in [1.29, 1.82) is 0 Å². The predicted octanol–water partition coefficient (Wildman–Crippen LogP) is 2.68. The van der Waals surface area contributed by atoms with Gasteiger partial charge < -0.3 is 14.7 Å². The Morgan fingerprint density at radius 3 is 2.50 bits per heavy atom. The molecule has 3 atom stereocenters. The molecule has 2 heterocycles. The summed E-state index contributed by atoms with van der Waals surface area (Å²) in [5.41, 5.74) is 1.85. The molecule has 196 valence electrons. The number of nitrogens with zero attached hydrogens (tertiary/aromatic N) is 3. The van der Waals surface area contributed by atoms with Crippen LogP contribution in [0.25, 0.3) is 0 Å². The number of aryl methyl sites for hydroxylation is 1. The van der Waals surface area contributed by atoms with Crippen LogP contribution in [0.4, 0.5) is 0 Å². The van der Waals surface area contributed by atoms with Crippen molar-refractivity contribution in [3.05, 3.63) is 59.7 Å². The second kappa shape index (κ2) is 11.3. The van der Waals surface area contributed by atoms with E-state index in [1.54, 1.807) is 23.1 Å². The molecule has 2 aromatic rings. The van der Waals surface area contributed by atoms with E-state index in [1.807, 2.05) is 51.2 Å². The van der Waals surface area contributed by atoms with Gasteiger partial charge in [-0.25, -0.2) is 8.42 Å². The molecule has 0 saturated carbocycles. The molecule has 1 fully saturated rings. The van der Waals surface area contributed by atoms with Crippen LogP contribution in [0.1, 0.15) is 43.9 Å². The van der Waals surface area contributed by atoms with Gasteiger partial charge in [-0.3, -0.25) is 9.69 Å². The first-order valence-corrected chi connectivity index (χ1v) is 14.2. The second-order valence-electron chi connectivity index (χ2n) is 9.58. The summed E-state index contributed by atoms with van der Waals surface area (Å²) in [5, 5.41) is 9.97. The topological polar surface area (TPSA) is 90.4 Å². The van der Waals surface area contributed by atoms with E-state index in [9.17, 15) is 18.3 Å². The fraction of sp³-hybridized carbons (Fsp3) is 0.519. The Kier molecular flexibility index (Phi) is 8.34. The zero-order valence-electron chi connectivity index (χ0n) is 21.3. The number of aliphatic hydroxyl groups is 1. The summed E-state index contributed by atoms with van der Waals surface area (Å²) in [4.78, 5) is 17.8. The first-order chi connectivity index (χ1) is 17.2. The number of carbonyl (C=O) groups excluding carboxylic acids is 1. The lowest BCUT2D eigenvalue weighted by atomic mass is 10.00. The van der Waals surface area contributed by atoms with Gasteiger partial charge in [0.1, 0.15) is 5.75 Å². The van der Waals surface area contributed by atoms with E-state index < -0.39 is 16.1 Å². The van der Waals surface area contributed by atoms with Gasteiger partial charge in [-0.1, -0.05) is 44.2 Å². The number of amides is 1. The van der Waals surface area contributed by atoms with Crippen LogP contribution in [0.2, 0.25) is 0 Å². The van der Waals surface area contributed by atoms with Crippen molar-refractivity contribution in [3.8, 4) is 5.75 Å². The van der Waals surface area contributed by atoms with Gasteiger partial charge in [0, 0.05) is 39.8 Å². The maximum Gasteiger partial charge on any atom is 0.263 e. The number of likely N-dealkylation sites (N-methyl/N-ethyl adjacent to an activating group) is 1. The highest BCUT2D eigenvalue weighted by Crippen LogP contribution is 2.32. The average molecular weight is 516 g/mol. The summed E-state index contributed by atoms with van der Waals surface area (Å²) >= 11 is 0. The highest BCUT2D eigenvalue weighted by molar-refractivity contribution is 7.89. The molecule has 0 radical (unpaired) electrons.